The number of thiocarbonyl (C=S) groups is 1. The molecule has 2 aliphatic heterocycles. The van der Waals surface area contributed by atoms with Crippen LogP contribution in [-0.2, 0) is 16.1 Å². The summed E-state index contributed by atoms with van der Waals surface area (Å²) in [6, 6.07) is 12.0. The van der Waals surface area contributed by atoms with Crippen LogP contribution < -0.4 is 15.0 Å². The Morgan fingerprint density at radius 2 is 2.09 bits per heavy atom. The van der Waals surface area contributed by atoms with Gasteiger partial charge < -0.3 is 19.5 Å². The lowest BCUT2D eigenvalue weighted by Crippen LogP contribution is -2.38. The van der Waals surface area contributed by atoms with Gasteiger partial charge in [-0.1, -0.05) is 36.1 Å². The zero-order chi connectivity index (χ0) is 22.4. The van der Waals surface area contributed by atoms with Crippen LogP contribution in [0.15, 0.2) is 47.6 Å². The minimum absolute atomic E-state index is 0.00974. The van der Waals surface area contributed by atoms with Gasteiger partial charge in [-0.2, -0.15) is 0 Å². The zero-order valence-corrected chi connectivity index (χ0v) is 19.1. The van der Waals surface area contributed by atoms with E-state index < -0.39 is 0 Å². The molecule has 3 heterocycles. The third-order valence-electron chi connectivity index (χ3n) is 5.40. The number of nitrogens with one attached hydrogen (secondary N) is 1. The summed E-state index contributed by atoms with van der Waals surface area (Å²) in [4.78, 5) is 31.5. The van der Waals surface area contributed by atoms with E-state index in [4.69, 9.17) is 17.0 Å². The fraction of sp³-hybridized carbons (Fsp3) is 0.217. The smallest absolute Gasteiger partial charge is 0.265 e. The number of ether oxygens (including phenoxy) is 1. The number of hydrogen-bond donors (Lipinski definition) is 1. The van der Waals surface area contributed by atoms with E-state index in [2.05, 4.69) is 28.7 Å². The molecule has 0 aliphatic carbocycles. The molecule has 5 rings (SSSR count). The molecule has 2 aromatic carbocycles. The zero-order valence-electron chi connectivity index (χ0n) is 17.5. The average molecular weight is 465 g/mol. The van der Waals surface area contributed by atoms with Gasteiger partial charge in [-0.05, 0) is 55.3 Å². The number of carbonyl (C=O) groups is 2. The number of imidazole rings is 1. The normalized spacial score (nSPS) is 17.3. The van der Waals surface area contributed by atoms with Crippen molar-refractivity contribution in [2.75, 3.05) is 11.5 Å². The first-order valence-corrected chi connectivity index (χ1v) is 11.4. The second-order valence-electron chi connectivity index (χ2n) is 7.92. The number of fused-ring (bicyclic) bond motifs is 2. The molecule has 32 heavy (non-hydrogen) atoms. The summed E-state index contributed by atoms with van der Waals surface area (Å²) in [5, 5.41) is 2.61. The minimum atomic E-state index is -0.212. The summed E-state index contributed by atoms with van der Waals surface area (Å²) in [6.45, 7) is 4.63. The fourth-order valence-electron chi connectivity index (χ4n) is 3.82. The second kappa shape index (κ2) is 8.07. The van der Waals surface area contributed by atoms with Gasteiger partial charge in [0.1, 0.15) is 10.1 Å². The number of benzene rings is 2. The SMILES string of the molecule is CC(C)n1cnc2cc(CN3C(=O)COc4ccc(/C=C5/SC(=S)NC5=O)cc43)ccc21. The average Bonchev–Trinajstić information content (AvgIpc) is 3.32. The molecule has 0 spiro atoms. The van der Waals surface area contributed by atoms with Crippen molar-refractivity contribution < 1.29 is 14.3 Å². The molecule has 2 aliphatic rings. The Bertz CT molecular complexity index is 1310. The Balaban J connectivity index is 1.47. The number of aromatic nitrogens is 2. The lowest BCUT2D eigenvalue weighted by Gasteiger charge is -2.29. The third kappa shape index (κ3) is 3.78. The highest BCUT2D eigenvalue weighted by molar-refractivity contribution is 8.26. The maximum Gasteiger partial charge on any atom is 0.265 e. The van der Waals surface area contributed by atoms with Crippen LogP contribution in [0.25, 0.3) is 17.1 Å². The van der Waals surface area contributed by atoms with Crippen molar-refractivity contribution in [2.45, 2.75) is 26.4 Å². The quantitative estimate of drug-likeness (QED) is 0.464. The standard InChI is InChI=1S/C23H20N4O3S2/c1-13(2)27-12-24-16-7-15(3-5-17(16)27)10-26-18-8-14(4-6-19(18)30-11-21(26)28)9-20-22(29)25-23(31)32-20/h3-9,12-13H,10-11H2,1-2H3,(H,25,29,31)/b20-9+. The third-order valence-corrected chi connectivity index (χ3v) is 6.56. The van der Waals surface area contributed by atoms with Crippen LogP contribution in [0.1, 0.15) is 31.0 Å². The molecule has 1 saturated heterocycles. The summed E-state index contributed by atoms with van der Waals surface area (Å²) >= 11 is 6.28. The number of rotatable bonds is 4. The van der Waals surface area contributed by atoms with Gasteiger partial charge in [0.2, 0.25) is 0 Å². The molecule has 162 valence electrons. The summed E-state index contributed by atoms with van der Waals surface area (Å²) in [5.41, 5.74) is 4.41. The topological polar surface area (TPSA) is 76.5 Å². The molecule has 7 nitrogen and oxygen atoms in total. The van der Waals surface area contributed by atoms with E-state index in [0.717, 1.165) is 22.2 Å². The molecule has 0 radical (unpaired) electrons. The van der Waals surface area contributed by atoms with Crippen molar-refractivity contribution in [1.29, 1.82) is 0 Å². The van der Waals surface area contributed by atoms with Gasteiger partial charge in [0, 0.05) is 6.04 Å². The van der Waals surface area contributed by atoms with Crippen LogP contribution in [0.4, 0.5) is 5.69 Å². The molecule has 1 N–H and O–H groups in total. The molecular weight excluding hydrogens is 444 g/mol. The van der Waals surface area contributed by atoms with Gasteiger partial charge in [0.25, 0.3) is 11.8 Å². The van der Waals surface area contributed by atoms with Crippen molar-refractivity contribution in [3.8, 4) is 5.75 Å². The second-order valence-corrected chi connectivity index (χ2v) is 9.64. The maximum atomic E-state index is 12.7. The van der Waals surface area contributed by atoms with E-state index in [1.807, 2.05) is 42.7 Å². The van der Waals surface area contributed by atoms with Gasteiger partial charge in [0.15, 0.2) is 6.61 Å². The van der Waals surface area contributed by atoms with E-state index in [-0.39, 0.29) is 18.4 Å². The van der Waals surface area contributed by atoms with Crippen molar-refractivity contribution >= 4 is 62.9 Å². The maximum absolute atomic E-state index is 12.7. The molecule has 0 bridgehead atoms. The highest BCUT2D eigenvalue weighted by Crippen LogP contribution is 2.36. The molecule has 9 heteroatoms. The van der Waals surface area contributed by atoms with E-state index in [0.29, 0.717) is 33.2 Å². The van der Waals surface area contributed by atoms with E-state index in [1.54, 1.807) is 11.0 Å². The lowest BCUT2D eigenvalue weighted by atomic mass is 10.1. The van der Waals surface area contributed by atoms with Gasteiger partial charge in [-0.15, -0.1) is 0 Å². The lowest BCUT2D eigenvalue weighted by molar-refractivity contribution is -0.121. The van der Waals surface area contributed by atoms with Crippen molar-refractivity contribution in [3.63, 3.8) is 0 Å². The number of anilines is 1. The Labute approximate surface area is 194 Å². The van der Waals surface area contributed by atoms with Crippen LogP contribution in [-0.4, -0.2) is 32.3 Å². The van der Waals surface area contributed by atoms with Crippen LogP contribution in [0.5, 0.6) is 5.75 Å². The number of hydrogen-bond acceptors (Lipinski definition) is 6. The van der Waals surface area contributed by atoms with Crippen LogP contribution in [0.3, 0.4) is 0 Å². The van der Waals surface area contributed by atoms with E-state index in [1.165, 1.54) is 11.8 Å². The molecule has 2 amide bonds. The Hall–Kier alpha value is -3.17. The summed E-state index contributed by atoms with van der Waals surface area (Å²) in [6.07, 6.45) is 3.61. The van der Waals surface area contributed by atoms with Crippen LogP contribution in [0.2, 0.25) is 0 Å². The van der Waals surface area contributed by atoms with Gasteiger partial charge in [-0.25, -0.2) is 4.98 Å². The first-order chi connectivity index (χ1) is 15.4. The van der Waals surface area contributed by atoms with Crippen molar-refractivity contribution in [3.05, 3.63) is 58.8 Å². The van der Waals surface area contributed by atoms with Crippen LogP contribution >= 0.6 is 24.0 Å². The first kappa shape index (κ1) is 20.7. The Morgan fingerprint density at radius 3 is 2.84 bits per heavy atom. The Morgan fingerprint density at radius 1 is 1.25 bits per heavy atom. The van der Waals surface area contributed by atoms with Gasteiger partial charge in [0.05, 0.1) is 34.5 Å². The number of carbonyl (C=O) groups excluding carboxylic acids is 2. The number of amides is 2. The molecule has 0 atom stereocenters. The molecule has 0 unspecified atom stereocenters. The van der Waals surface area contributed by atoms with Gasteiger partial charge >= 0.3 is 0 Å². The summed E-state index contributed by atoms with van der Waals surface area (Å²) in [5.74, 6) is 0.302. The van der Waals surface area contributed by atoms with E-state index in [9.17, 15) is 9.59 Å². The summed E-state index contributed by atoms with van der Waals surface area (Å²) in [7, 11) is 0. The molecule has 0 saturated carbocycles. The molecular formula is C23H20N4O3S2. The highest BCUT2D eigenvalue weighted by Gasteiger charge is 2.27. The molecule has 1 aromatic heterocycles. The van der Waals surface area contributed by atoms with Crippen LogP contribution in [0, 0.1) is 0 Å². The fourth-order valence-corrected chi connectivity index (χ4v) is 4.87. The van der Waals surface area contributed by atoms with Gasteiger partial charge in [-0.3, -0.25) is 9.59 Å². The van der Waals surface area contributed by atoms with Crippen molar-refractivity contribution in [2.24, 2.45) is 0 Å². The molecule has 3 aromatic rings. The first-order valence-electron chi connectivity index (χ1n) is 10.2. The van der Waals surface area contributed by atoms with Crippen molar-refractivity contribution in [1.82, 2.24) is 14.9 Å². The predicted octanol–water partition coefficient (Wildman–Crippen LogP) is 4.03. The minimum Gasteiger partial charge on any atom is -0.482 e. The van der Waals surface area contributed by atoms with E-state index >= 15 is 0 Å². The summed E-state index contributed by atoms with van der Waals surface area (Å²) < 4.78 is 8.20. The predicted molar refractivity (Wildman–Crippen MR) is 130 cm³/mol. The Kier molecular flexibility index (Phi) is 5.22. The highest BCUT2D eigenvalue weighted by atomic mass is 32.2. The number of thioether (sulfide) groups is 1. The number of nitrogens with zero attached hydrogens (tertiary/aromatic N) is 3. The largest absolute Gasteiger partial charge is 0.482 e. The molecule has 1 fully saturated rings. The monoisotopic (exact) mass is 464 g/mol.